The minimum absolute atomic E-state index is 0.0457. The number of anilines is 1. The standard InChI is InChI=1S/C29H30FN3O2S/c30-23-12-5-6-13-24(23)31-15-17-32(18-16-31)29(35)26-21-10-3-4-11-22(21)28(34)33(20-8-1-2-9-20)27(26)25-14-7-19-36-25/h3-7,10-14,19-20,26-27H,1-2,8-9,15-18H2/t26-,27+/m1/s1. The molecule has 6 rings (SSSR count). The Hall–Kier alpha value is -3.19. The van der Waals surface area contributed by atoms with E-state index in [1.54, 1.807) is 23.5 Å². The molecule has 36 heavy (non-hydrogen) atoms. The van der Waals surface area contributed by atoms with Gasteiger partial charge < -0.3 is 14.7 Å². The first-order chi connectivity index (χ1) is 17.6. The first-order valence-electron chi connectivity index (χ1n) is 12.9. The summed E-state index contributed by atoms with van der Waals surface area (Å²) in [7, 11) is 0. The maximum absolute atomic E-state index is 14.4. The van der Waals surface area contributed by atoms with Crippen LogP contribution in [0.4, 0.5) is 10.1 Å². The van der Waals surface area contributed by atoms with Gasteiger partial charge in [0.15, 0.2) is 0 Å². The van der Waals surface area contributed by atoms with Crippen molar-refractivity contribution in [3.8, 4) is 0 Å². The quantitative estimate of drug-likeness (QED) is 0.475. The lowest BCUT2D eigenvalue weighted by atomic mass is 9.80. The van der Waals surface area contributed by atoms with Crippen LogP contribution in [0.25, 0.3) is 0 Å². The van der Waals surface area contributed by atoms with E-state index in [4.69, 9.17) is 0 Å². The molecule has 3 aromatic rings. The Kier molecular flexibility index (Phi) is 6.25. The van der Waals surface area contributed by atoms with Crippen LogP contribution >= 0.6 is 11.3 Å². The molecular weight excluding hydrogens is 473 g/mol. The molecule has 3 aliphatic rings. The Balaban J connectivity index is 1.34. The van der Waals surface area contributed by atoms with Crippen LogP contribution in [0.1, 0.15) is 58.4 Å². The van der Waals surface area contributed by atoms with E-state index in [9.17, 15) is 14.0 Å². The van der Waals surface area contributed by atoms with Crippen LogP contribution in [-0.2, 0) is 4.79 Å². The average molecular weight is 504 g/mol. The van der Waals surface area contributed by atoms with Crippen LogP contribution in [0.5, 0.6) is 0 Å². The predicted octanol–water partition coefficient (Wildman–Crippen LogP) is 5.46. The van der Waals surface area contributed by atoms with Crippen molar-refractivity contribution in [2.75, 3.05) is 31.1 Å². The second-order valence-corrected chi connectivity index (χ2v) is 10.9. The molecule has 2 atom stereocenters. The third-order valence-electron chi connectivity index (χ3n) is 7.98. The summed E-state index contributed by atoms with van der Waals surface area (Å²) >= 11 is 1.62. The fourth-order valence-corrected chi connectivity index (χ4v) is 7.10. The molecule has 1 saturated heterocycles. The molecule has 7 heteroatoms. The zero-order valence-corrected chi connectivity index (χ0v) is 21.0. The molecule has 5 nitrogen and oxygen atoms in total. The lowest BCUT2D eigenvalue weighted by Gasteiger charge is -2.46. The zero-order chi connectivity index (χ0) is 24.6. The van der Waals surface area contributed by atoms with Crippen LogP contribution in [0.15, 0.2) is 66.0 Å². The summed E-state index contributed by atoms with van der Waals surface area (Å²) in [4.78, 5) is 35.2. The number of amides is 2. The Morgan fingerprint density at radius 1 is 0.889 bits per heavy atom. The Labute approximate surface area is 215 Å². The number of benzene rings is 2. The predicted molar refractivity (Wildman–Crippen MR) is 140 cm³/mol. The highest BCUT2D eigenvalue weighted by Crippen LogP contribution is 2.47. The molecule has 0 unspecified atom stereocenters. The average Bonchev–Trinajstić information content (AvgIpc) is 3.64. The number of carbonyl (C=O) groups is 2. The summed E-state index contributed by atoms with van der Waals surface area (Å²) in [5.74, 6) is -0.575. The molecule has 1 aliphatic carbocycles. The fourth-order valence-electron chi connectivity index (χ4n) is 6.24. The normalized spacial score (nSPS) is 22.7. The monoisotopic (exact) mass is 503 g/mol. The van der Waals surface area contributed by atoms with Gasteiger partial charge in [-0.3, -0.25) is 9.59 Å². The van der Waals surface area contributed by atoms with Gasteiger partial charge in [-0.05, 0) is 48.1 Å². The number of thiophene rings is 1. The van der Waals surface area contributed by atoms with Crippen molar-refractivity contribution in [1.29, 1.82) is 0 Å². The second-order valence-electron chi connectivity index (χ2n) is 9.94. The van der Waals surface area contributed by atoms with Gasteiger partial charge in [0.2, 0.25) is 5.91 Å². The molecule has 0 spiro atoms. The Morgan fingerprint density at radius 3 is 2.33 bits per heavy atom. The van der Waals surface area contributed by atoms with Crippen molar-refractivity contribution in [2.45, 2.75) is 43.7 Å². The number of nitrogens with zero attached hydrogens (tertiary/aromatic N) is 3. The molecule has 1 aromatic heterocycles. The largest absolute Gasteiger partial charge is 0.366 e. The lowest BCUT2D eigenvalue weighted by molar-refractivity contribution is -0.135. The van der Waals surface area contributed by atoms with Gasteiger partial charge in [-0.15, -0.1) is 11.3 Å². The van der Waals surface area contributed by atoms with E-state index in [0.29, 0.717) is 37.4 Å². The van der Waals surface area contributed by atoms with E-state index in [1.807, 2.05) is 56.5 Å². The van der Waals surface area contributed by atoms with Crippen molar-refractivity contribution in [1.82, 2.24) is 9.80 Å². The van der Waals surface area contributed by atoms with Gasteiger partial charge in [0.25, 0.3) is 5.91 Å². The summed E-state index contributed by atoms with van der Waals surface area (Å²) in [5.41, 5.74) is 2.07. The second kappa shape index (κ2) is 9.69. The summed E-state index contributed by atoms with van der Waals surface area (Å²) in [6.07, 6.45) is 4.20. The summed E-state index contributed by atoms with van der Waals surface area (Å²) in [5, 5.41) is 2.03. The SMILES string of the molecule is O=C([C@@H]1c2ccccc2C(=O)N(C2CCCC2)[C@H]1c1cccs1)N1CCN(c2ccccc2F)CC1. The fraction of sp³-hybridized carbons (Fsp3) is 0.379. The molecule has 0 bridgehead atoms. The van der Waals surface area contributed by atoms with Crippen LogP contribution in [0, 0.1) is 5.82 Å². The summed E-state index contributed by atoms with van der Waals surface area (Å²) < 4.78 is 14.4. The molecule has 1 saturated carbocycles. The molecule has 2 amide bonds. The third-order valence-corrected chi connectivity index (χ3v) is 8.92. The van der Waals surface area contributed by atoms with Crippen molar-refractivity contribution in [3.63, 3.8) is 0 Å². The highest BCUT2D eigenvalue weighted by Gasteiger charge is 2.48. The summed E-state index contributed by atoms with van der Waals surface area (Å²) in [6.45, 7) is 2.21. The summed E-state index contributed by atoms with van der Waals surface area (Å²) in [6, 6.07) is 18.4. The molecule has 0 N–H and O–H groups in total. The van der Waals surface area contributed by atoms with Gasteiger partial charge in [-0.25, -0.2) is 4.39 Å². The van der Waals surface area contributed by atoms with Gasteiger partial charge in [0.1, 0.15) is 5.82 Å². The molecule has 2 fully saturated rings. The highest BCUT2D eigenvalue weighted by atomic mass is 32.1. The number of hydrogen-bond acceptors (Lipinski definition) is 4. The van der Waals surface area contributed by atoms with Crippen molar-refractivity contribution in [3.05, 3.63) is 87.9 Å². The van der Waals surface area contributed by atoms with Gasteiger partial charge in [-0.1, -0.05) is 49.2 Å². The van der Waals surface area contributed by atoms with Crippen LogP contribution in [-0.4, -0.2) is 53.8 Å². The Morgan fingerprint density at radius 2 is 1.61 bits per heavy atom. The molecule has 2 aliphatic heterocycles. The number of rotatable bonds is 4. The smallest absolute Gasteiger partial charge is 0.254 e. The van der Waals surface area contributed by atoms with E-state index < -0.39 is 5.92 Å². The van der Waals surface area contributed by atoms with Crippen LogP contribution in [0.3, 0.4) is 0 Å². The molecule has 186 valence electrons. The molecule has 3 heterocycles. The minimum atomic E-state index is -0.446. The van der Waals surface area contributed by atoms with Gasteiger partial charge in [0, 0.05) is 42.7 Å². The molecular formula is C29H30FN3O2S. The Bertz CT molecular complexity index is 1250. The third kappa shape index (κ3) is 3.99. The van der Waals surface area contributed by atoms with Crippen molar-refractivity contribution < 1.29 is 14.0 Å². The van der Waals surface area contributed by atoms with Crippen LogP contribution in [0.2, 0.25) is 0 Å². The van der Waals surface area contributed by atoms with Gasteiger partial charge >= 0.3 is 0 Å². The van der Waals surface area contributed by atoms with Gasteiger partial charge in [-0.2, -0.15) is 0 Å². The zero-order valence-electron chi connectivity index (χ0n) is 20.2. The molecule has 0 radical (unpaired) electrons. The van der Waals surface area contributed by atoms with Crippen molar-refractivity contribution in [2.24, 2.45) is 0 Å². The van der Waals surface area contributed by atoms with Crippen LogP contribution < -0.4 is 4.90 Å². The number of fused-ring (bicyclic) bond motifs is 1. The number of piperazine rings is 1. The maximum Gasteiger partial charge on any atom is 0.254 e. The van der Waals surface area contributed by atoms with E-state index >= 15 is 0 Å². The van der Waals surface area contributed by atoms with Crippen molar-refractivity contribution >= 4 is 28.8 Å². The molecule has 2 aromatic carbocycles. The van der Waals surface area contributed by atoms with E-state index in [1.165, 1.54) is 6.07 Å². The minimum Gasteiger partial charge on any atom is -0.366 e. The van der Waals surface area contributed by atoms with E-state index in [0.717, 1.165) is 36.1 Å². The number of hydrogen-bond donors (Lipinski definition) is 0. The first kappa shape index (κ1) is 23.2. The number of para-hydroxylation sites is 1. The highest BCUT2D eigenvalue weighted by molar-refractivity contribution is 7.10. The van der Waals surface area contributed by atoms with E-state index in [2.05, 4.69) is 6.07 Å². The lowest BCUT2D eigenvalue weighted by Crippen LogP contribution is -2.54. The number of carbonyl (C=O) groups excluding carboxylic acids is 2. The number of halogens is 1. The maximum atomic E-state index is 14.4. The van der Waals surface area contributed by atoms with E-state index in [-0.39, 0.29) is 29.7 Å². The first-order valence-corrected chi connectivity index (χ1v) is 13.7. The topological polar surface area (TPSA) is 43.9 Å². The van der Waals surface area contributed by atoms with Gasteiger partial charge in [0.05, 0.1) is 17.6 Å².